The molecule has 2 fully saturated rings. The number of phosphoric acid groups is 1. The molecule has 2 aliphatic rings. The highest BCUT2D eigenvalue weighted by Gasteiger charge is 2.54. The Morgan fingerprint density at radius 3 is 2.26 bits per heavy atom. The smallest absolute Gasteiger partial charge is 0.351 e. The number of aliphatic hydroxyl groups excluding tert-OH is 1. The van der Waals surface area contributed by atoms with E-state index in [0.29, 0.717) is 12.4 Å². The SMILES string of the molecule is CCCCCCCCCCCCCCCCNc1ccn(C2CC(OP(=O)([O-])O)C(CO)(CC3OC(n4cc(C)c(=O)[nH]c4=O)CC3N=[N+]=[N-])O2)c(=O)n1. The number of phosphoric ester groups is 1. The van der Waals surface area contributed by atoms with Gasteiger partial charge in [-0.15, -0.1) is 0 Å². The first-order chi connectivity index (χ1) is 25.9. The molecule has 0 bridgehead atoms. The lowest BCUT2D eigenvalue weighted by Gasteiger charge is -2.36. The molecule has 2 aromatic heterocycles. The normalized spacial score (nSPS) is 25.0. The molecule has 2 aromatic rings. The predicted molar refractivity (Wildman–Crippen MR) is 199 cm³/mol. The number of aryl methyl sites for hydroxylation is 1. The number of aliphatic hydroxyl groups is 1. The molecule has 0 amide bonds. The number of nitrogens with one attached hydrogen (secondary N) is 2. The number of unbranched alkanes of at least 4 members (excludes halogenated alkanes) is 13. The fourth-order valence-corrected chi connectivity index (χ4v) is 7.91. The summed E-state index contributed by atoms with van der Waals surface area (Å²) >= 11 is 0. The van der Waals surface area contributed by atoms with Crippen LogP contribution in [0.1, 0.15) is 134 Å². The van der Waals surface area contributed by atoms with Gasteiger partial charge in [0.15, 0.2) is 0 Å². The number of aromatic amines is 1. The average Bonchev–Trinajstić information content (AvgIpc) is 3.67. The van der Waals surface area contributed by atoms with E-state index in [2.05, 4.69) is 32.2 Å². The molecule has 4 N–H and O–H groups in total. The van der Waals surface area contributed by atoms with Crippen LogP contribution in [0.4, 0.5) is 5.82 Å². The summed E-state index contributed by atoms with van der Waals surface area (Å²) < 4.78 is 31.4. The summed E-state index contributed by atoms with van der Waals surface area (Å²) in [7, 11) is -5.39. The summed E-state index contributed by atoms with van der Waals surface area (Å²) in [5.74, 6) is 0.361. The first kappa shape index (κ1) is 43.4. The van der Waals surface area contributed by atoms with Gasteiger partial charge in [-0.05, 0) is 24.9 Å². The van der Waals surface area contributed by atoms with E-state index >= 15 is 0 Å². The maximum atomic E-state index is 13.2. The molecule has 4 rings (SSSR count). The van der Waals surface area contributed by atoms with Gasteiger partial charge in [-0.2, -0.15) is 4.98 Å². The number of anilines is 1. The molecule has 18 nitrogen and oxygen atoms in total. The van der Waals surface area contributed by atoms with Gasteiger partial charge in [0.1, 0.15) is 30.0 Å². The molecular weight excluding hydrogens is 723 g/mol. The minimum atomic E-state index is -5.39. The van der Waals surface area contributed by atoms with Crippen LogP contribution in [0, 0.1) is 6.92 Å². The Morgan fingerprint density at radius 2 is 1.69 bits per heavy atom. The van der Waals surface area contributed by atoms with E-state index in [1.54, 1.807) is 6.07 Å². The molecule has 2 aliphatic heterocycles. The van der Waals surface area contributed by atoms with Crippen molar-refractivity contribution in [1.29, 1.82) is 0 Å². The Balaban J connectivity index is 1.32. The molecule has 0 aromatic carbocycles. The maximum absolute atomic E-state index is 13.2. The Kier molecular flexibility index (Phi) is 16.9. The molecule has 7 unspecified atom stereocenters. The highest BCUT2D eigenvalue weighted by Crippen LogP contribution is 2.49. The summed E-state index contributed by atoms with van der Waals surface area (Å²) in [6.45, 7) is 3.52. The van der Waals surface area contributed by atoms with Crippen molar-refractivity contribution < 1.29 is 33.5 Å². The van der Waals surface area contributed by atoms with Gasteiger partial charge in [-0.25, -0.2) is 9.59 Å². The number of nitrogens with zero attached hydrogens (tertiary/aromatic N) is 6. The average molecular weight is 780 g/mol. The third-order valence-corrected chi connectivity index (χ3v) is 10.8. The van der Waals surface area contributed by atoms with Crippen molar-refractivity contribution in [3.05, 3.63) is 65.8 Å². The molecule has 0 aliphatic carbocycles. The quantitative estimate of drug-likeness (QED) is 0.0367. The lowest BCUT2D eigenvalue weighted by molar-refractivity contribution is -0.232. The number of ether oxygens (including phenoxy) is 2. The standard InChI is InChI=1S/C35H57N8O10P/c1-3-4-5-6-7-8-9-10-11-12-13-14-15-16-18-37-29-17-19-42(33(46)38-29)31-21-28(53-54(48,49)50)35(24-44,52-31)22-27-26(40-41-36)20-30(51-27)43-23-25(2)32(45)39-34(43)47/h17,19,23,26-28,30-31,44H,3-16,18,20-22,24H2,1-2H3,(H,37,38,46)(H,39,45,47)(H2,48,49,50)/p-1. The van der Waals surface area contributed by atoms with Crippen LogP contribution in [0.2, 0.25) is 0 Å². The Bertz CT molecular complexity index is 1760. The van der Waals surface area contributed by atoms with Crippen molar-refractivity contribution in [3.8, 4) is 0 Å². The van der Waals surface area contributed by atoms with Crippen LogP contribution in [0.5, 0.6) is 0 Å². The molecule has 2 saturated heterocycles. The molecule has 54 heavy (non-hydrogen) atoms. The Labute approximate surface area is 314 Å². The van der Waals surface area contributed by atoms with Gasteiger partial charge in [0, 0.05) is 48.7 Å². The van der Waals surface area contributed by atoms with E-state index in [1.807, 2.05) is 0 Å². The summed E-state index contributed by atoms with van der Waals surface area (Å²) in [5.41, 5.74) is 5.56. The summed E-state index contributed by atoms with van der Waals surface area (Å²) in [5, 5.41) is 17.6. The van der Waals surface area contributed by atoms with Gasteiger partial charge in [0.2, 0.25) is 0 Å². The largest absolute Gasteiger partial charge is 0.756 e. The van der Waals surface area contributed by atoms with E-state index in [9.17, 15) is 39.4 Å². The van der Waals surface area contributed by atoms with E-state index in [-0.39, 0.29) is 24.8 Å². The van der Waals surface area contributed by atoms with Gasteiger partial charge in [0.25, 0.3) is 13.4 Å². The van der Waals surface area contributed by atoms with Crippen LogP contribution in [-0.2, 0) is 18.6 Å². The van der Waals surface area contributed by atoms with Gasteiger partial charge < -0.3 is 34.2 Å². The summed E-state index contributed by atoms with van der Waals surface area (Å²) in [6, 6.07) is 0.661. The second-order valence-corrected chi connectivity index (χ2v) is 15.6. The summed E-state index contributed by atoms with van der Waals surface area (Å²) in [6.07, 6.45) is 14.9. The molecule has 4 heterocycles. The number of hydrogen-bond donors (Lipinski definition) is 4. The second kappa shape index (κ2) is 21.1. The first-order valence-corrected chi connectivity index (χ1v) is 20.7. The number of H-pyrrole nitrogens is 1. The lowest BCUT2D eigenvalue weighted by Crippen LogP contribution is -2.48. The summed E-state index contributed by atoms with van der Waals surface area (Å²) in [4.78, 5) is 68.4. The minimum absolute atomic E-state index is 0.00613. The van der Waals surface area contributed by atoms with Gasteiger partial charge >= 0.3 is 11.4 Å². The van der Waals surface area contributed by atoms with E-state index < -0.39 is 67.7 Å². The van der Waals surface area contributed by atoms with E-state index in [4.69, 9.17) is 14.0 Å². The van der Waals surface area contributed by atoms with Crippen molar-refractivity contribution in [2.45, 2.75) is 159 Å². The minimum Gasteiger partial charge on any atom is -0.756 e. The Morgan fingerprint density at radius 1 is 1.06 bits per heavy atom. The molecule has 0 radical (unpaired) electrons. The molecule has 7 atom stereocenters. The van der Waals surface area contributed by atoms with Crippen LogP contribution >= 0.6 is 7.82 Å². The topological polar surface area (TPSA) is 259 Å². The van der Waals surface area contributed by atoms with Crippen molar-refractivity contribution in [2.24, 2.45) is 5.11 Å². The fraction of sp³-hybridized carbons (Fsp3) is 0.771. The fourth-order valence-electron chi connectivity index (χ4n) is 7.31. The van der Waals surface area contributed by atoms with Gasteiger partial charge in [-0.3, -0.25) is 23.5 Å². The van der Waals surface area contributed by atoms with E-state index in [0.717, 1.165) is 28.4 Å². The molecule has 0 saturated carbocycles. The Hall–Kier alpha value is -3.34. The number of aromatic nitrogens is 4. The highest BCUT2D eigenvalue weighted by molar-refractivity contribution is 7.44. The van der Waals surface area contributed by atoms with Gasteiger partial charge in [-0.1, -0.05) is 95.5 Å². The van der Waals surface area contributed by atoms with Crippen LogP contribution in [-0.4, -0.2) is 66.1 Å². The maximum Gasteiger partial charge on any atom is 0.351 e. The predicted octanol–water partition coefficient (Wildman–Crippen LogP) is 4.85. The highest BCUT2D eigenvalue weighted by atomic mass is 31.2. The monoisotopic (exact) mass is 779 g/mol. The van der Waals surface area contributed by atoms with Gasteiger partial charge in [0.05, 0.1) is 18.8 Å². The third-order valence-electron chi connectivity index (χ3n) is 10.3. The van der Waals surface area contributed by atoms with Crippen molar-refractivity contribution in [3.63, 3.8) is 0 Å². The zero-order valence-corrected chi connectivity index (χ0v) is 32.2. The van der Waals surface area contributed by atoms with Crippen molar-refractivity contribution in [1.82, 2.24) is 19.1 Å². The number of rotatable bonds is 24. The first-order valence-electron chi connectivity index (χ1n) is 19.3. The molecule has 0 spiro atoms. The zero-order valence-electron chi connectivity index (χ0n) is 31.3. The lowest BCUT2D eigenvalue weighted by atomic mass is 9.88. The molecule has 302 valence electrons. The zero-order chi connectivity index (χ0) is 39.1. The second-order valence-electron chi connectivity index (χ2n) is 14.4. The van der Waals surface area contributed by atoms with Crippen molar-refractivity contribution >= 4 is 13.6 Å². The molecular formula is C35H56N8O10P-. The van der Waals surface area contributed by atoms with Crippen LogP contribution < -0.4 is 27.1 Å². The van der Waals surface area contributed by atoms with Crippen LogP contribution in [0.25, 0.3) is 10.4 Å². The van der Waals surface area contributed by atoms with E-state index in [1.165, 1.54) is 89.9 Å². The van der Waals surface area contributed by atoms with Crippen molar-refractivity contribution in [2.75, 3.05) is 18.5 Å². The third kappa shape index (κ3) is 12.6. The van der Waals surface area contributed by atoms with Crippen LogP contribution in [0.15, 0.2) is 38.0 Å². The van der Waals surface area contributed by atoms with Crippen LogP contribution in [0.3, 0.4) is 0 Å². The number of azide groups is 1. The number of hydrogen-bond acceptors (Lipinski definition) is 12. The molecule has 19 heteroatoms.